The molecular weight excluding hydrogens is 565 g/mol. The van der Waals surface area contributed by atoms with Gasteiger partial charge in [0.1, 0.15) is 17.2 Å². The number of hydrogen-bond acceptors (Lipinski definition) is 4. The molecule has 5 aromatic rings. The molecule has 0 saturated carbocycles. The lowest BCUT2D eigenvalue weighted by Crippen LogP contribution is -2.42. The van der Waals surface area contributed by atoms with Crippen LogP contribution in [0, 0.1) is 5.82 Å². The van der Waals surface area contributed by atoms with Gasteiger partial charge in [0.05, 0.1) is 0 Å². The molecule has 2 aromatic heterocycles. The quantitative estimate of drug-likeness (QED) is 0.169. The number of carbonyl (C=O) groups is 2. The van der Waals surface area contributed by atoms with Gasteiger partial charge in [-0.2, -0.15) is 0 Å². The van der Waals surface area contributed by atoms with Gasteiger partial charge in [-0.15, -0.1) is 0 Å². The van der Waals surface area contributed by atoms with E-state index in [1.165, 1.54) is 23.1 Å². The van der Waals surface area contributed by atoms with Crippen molar-refractivity contribution in [1.29, 1.82) is 0 Å². The number of aryl methyl sites for hydroxylation is 1. The van der Waals surface area contributed by atoms with Gasteiger partial charge in [0.2, 0.25) is 0 Å². The monoisotopic (exact) mass is 594 g/mol. The molecule has 1 aliphatic rings. The molecule has 1 fully saturated rings. The second kappa shape index (κ2) is 12.3. The van der Waals surface area contributed by atoms with Gasteiger partial charge in [0.15, 0.2) is 5.78 Å². The second-order valence-electron chi connectivity index (χ2n) is 11.0. The van der Waals surface area contributed by atoms with Crippen LogP contribution in [-0.2, 0) is 11.2 Å². The van der Waals surface area contributed by atoms with Gasteiger partial charge in [0, 0.05) is 67.7 Å². The van der Waals surface area contributed by atoms with Crippen LogP contribution in [0.5, 0.6) is 0 Å². The van der Waals surface area contributed by atoms with Gasteiger partial charge in [0.25, 0.3) is 11.8 Å². The summed E-state index contributed by atoms with van der Waals surface area (Å²) in [4.78, 5) is 31.0. The Morgan fingerprint density at radius 1 is 0.909 bits per heavy atom. The highest BCUT2D eigenvalue weighted by molar-refractivity contribution is 5.98. The van der Waals surface area contributed by atoms with Crippen molar-refractivity contribution >= 4 is 28.7 Å². The first-order chi connectivity index (χ1) is 21.2. The molecular formula is C36H29F3N2O3. The first-order valence-electron chi connectivity index (χ1n) is 14.4. The first-order valence-corrected chi connectivity index (χ1v) is 14.4. The van der Waals surface area contributed by atoms with Crippen LogP contribution in [0.4, 0.5) is 13.2 Å². The van der Waals surface area contributed by atoms with Crippen LogP contribution in [0.1, 0.15) is 40.9 Å². The third-order valence-electron chi connectivity index (χ3n) is 7.83. The topological polar surface area (TPSA) is 63.4 Å². The van der Waals surface area contributed by atoms with Crippen molar-refractivity contribution in [2.45, 2.75) is 31.6 Å². The minimum atomic E-state index is -2.72. The van der Waals surface area contributed by atoms with Crippen molar-refractivity contribution in [3.63, 3.8) is 0 Å². The SMILES string of the molecule is O=C(/C=C/c1cccnc1)CCc1cc2cc(-c3ccc(C(=O)N4CCC(F)(F)CC4)cc3)cc(-c3ccc(F)cc3)c2o1. The number of alkyl halides is 2. The number of halogens is 3. The third kappa shape index (κ3) is 6.64. The Morgan fingerprint density at radius 3 is 2.34 bits per heavy atom. The molecule has 3 heterocycles. The fourth-order valence-corrected chi connectivity index (χ4v) is 5.36. The number of benzene rings is 3. The minimum absolute atomic E-state index is 0.0283. The van der Waals surface area contributed by atoms with Crippen LogP contribution in [0.2, 0.25) is 0 Å². The summed E-state index contributed by atoms with van der Waals surface area (Å²) in [6, 6.07) is 22.7. The summed E-state index contributed by atoms with van der Waals surface area (Å²) in [5.41, 5.74) is 5.14. The molecule has 1 amide bonds. The molecule has 8 heteroatoms. The zero-order valence-electron chi connectivity index (χ0n) is 23.8. The van der Waals surface area contributed by atoms with Crippen LogP contribution in [0.25, 0.3) is 39.3 Å². The van der Waals surface area contributed by atoms with E-state index in [2.05, 4.69) is 4.98 Å². The number of fused-ring (bicyclic) bond motifs is 1. The van der Waals surface area contributed by atoms with Gasteiger partial charge < -0.3 is 9.32 Å². The molecule has 0 unspecified atom stereocenters. The highest BCUT2D eigenvalue weighted by Crippen LogP contribution is 2.37. The number of rotatable bonds is 8. The highest BCUT2D eigenvalue weighted by atomic mass is 19.3. The van der Waals surface area contributed by atoms with Crippen LogP contribution in [-0.4, -0.2) is 40.6 Å². The van der Waals surface area contributed by atoms with E-state index in [-0.39, 0.29) is 49.9 Å². The van der Waals surface area contributed by atoms with Gasteiger partial charge in [-0.3, -0.25) is 14.6 Å². The number of hydrogen-bond donors (Lipinski definition) is 0. The molecule has 0 N–H and O–H groups in total. The van der Waals surface area contributed by atoms with Crippen molar-refractivity contribution in [3.8, 4) is 22.3 Å². The average Bonchev–Trinajstić information content (AvgIpc) is 3.46. The standard InChI is InChI=1S/C36H29F3N2O3/c37-30-10-8-26(9-11-30)33-22-28(25-4-6-27(7-5-25)35(43)41-18-15-36(38,39)16-19-41)20-29-21-32(44-34(29)33)14-13-31(42)12-3-24-2-1-17-40-23-24/h1-12,17,20-23H,13-16,18-19H2/b12-3+. The van der Waals surface area contributed by atoms with Crippen LogP contribution < -0.4 is 0 Å². The molecule has 1 aliphatic heterocycles. The summed E-state index contributed by atoms with van der Waals surface area (Å²) in [6.07, 6.45) is 6.64. The van der Waals surface area contributed by atoms with Gasteiger partial charge >= 0.3 is 0 Å². The fraction of sp³-hybridized carbons (Fsp3) is 0.194. The number of pyridine rings is 1. The fourth-order valence-electron chi connectivity index (χ4n) is 5.36. The maximum absolute atomic E-state index is 13.8. The molecule has 44 heavy (non-hydrogen) atoms. The van der Waals surface area contributed by atoms with E-state index >= 15 is 0 Å². The van der Waals surface area contributed by atoms with Crippen molar-refractivity contribution in [2.24, 2.45) is 0 Å². The first kappa shape index (κ1) is 29.1. The summed E-state index contributed by atoms with van der Waals surface area (Å²) in [5.74, 6) is -2.73. The number of furan rings is 1. The van der Waals surface area contributed by atoms with E-state index in [0.717, 1.165) is 33.2 Å². The molecule has 222 valence electrons. The predicted octanol–water partition coefficient (Wildman–Crippen LogP) is 8.39. The number of carbonyl (C=O) groups excluding carboxylic acids is 2. The number of likely N-dealkylation sites (tertiary alicyclic amines) is 1. The minimum Gasteiger partial charge on any atom is -0.460 e. The number of allylic oxidation sites excluding steroid dienone is 1. The summed E-state index contributed by atoms with van der Waals surface area (Å²) in [5, 5.41) is 0.824. The second-order valence-corrected chi connectivity index (χ2v) is 11.0. The Labute approximate surface area is 252 Å². The predicted molar refractivity (Wildman–Crippen MR) is 164 cm³/mol. The maximum Gasteiger partial charge on any atom is 0.253 e. The number of ketones is 1. The average molecular weight is 595 g/mol. The largest absolute Gasteiger partial charge is 0.460 e. The van der Waals surface area contributed by atoms with E-state index in [0.29, 0.717) is 23.3 Å². The van der Waals surface area contributed by atoms with Gasteiger partial charge in [-0.05, 0) is 82.9 Å². The molecule has 1 saturated heterocycles. The number of aromatic nitrogens is 1. The van der Waals surface area contributed by atoms with E-state index in [4.69, 9.17) is 4.42 Å². The van der Waals surface area contributed by atoms with E-state index < -0.39 is 5.92 Å². The summed E-state index contributed by atoms with van der Waals surface area (Å²) in [7, 11) is 0. The molecule has 6 rings (SSSR count). The molecule has 0 radical (unpaired) electrons. The van der Waals surface area contributed by atoms with Crippen LogP contribution in [0.15, 0.2) is 102 Å². The van der Waals surface area contributed by atoms with Crippen molar-refractivity contribution < 1.29 is 27.2 Å². The molecule has 0 spiro atoms. The highest BCUT2D eigenvalue weighted by Gasteiger charge is 2.35. The molecule has 0 atom stereocenters. The number of amides is 1. The Bertz CT molecular complexity index is 1820. The summed E-state index contributed by atoms with van der Waals surface area (Å²) < 4.78 is 47.1. The molecule has 5 nitrogen and oxygen atoms in total. The normalized spacial score (nSPS) is 14.8. The third-order valence-corrected chi connectivity index (χ3v) is 7.83. The Kier molecular flexibility index (Phi) is 8.15. The van der Waals surface area contributed by atoms with Gasteiger partial charge in [-0.25, -0.2) is 13.2 Å². The van der Waals surface area contributed by atoms with E-state index in [9.17, 15) is 22.8 Å². The zero-order valence-corrected chi connectivity index (χ0v) is 23.8. The molecule has 3 aromatic carbocycles. The van der Waals surface area contributed by atoms with E-state index in [1.54, 1.807) is 48.8 Å². The summed E-state index contributed by atoms with van der Waals surface area (Å²) >= 11 is 0. The van der Waals surface area contributed by atoms with Gasteiger partial charge in [-0.1, -0.05) is 30.3 Å². The van der Waals surface area contributed by atoms with Crippen LogP contribution in [0.3, 0.4) is 0 Å². The van der Waals surface area contributed by atoms with Crippen molar-refractivity contribution in [2.75, 3.05) is 13.1 Å². The lowest BCUT2D eigenvalue weighted by Gasteiger charge is -2.31. The lowest BCUT2D eigenvalue weighted by molar-refractivity contribution is -0.114. The van der Waals surface area contributed by atoms with Crippen molar-refractivity contribution in [1.82, 2.24) is 9.88 Å². The summed E-state index contributed by atoms with van der Waals surface area (Å²) in [6.45, 7) is 0.0565. The maximum atomic E-state index is 13.8. The Balaban J connectivity index is 1.25. The lowest BCUT2D eigenvalue weighted by atomic mass is 9.96. The Morgan fingerprint density at radius 2 is 1.64 bits per heavy atom. The molecule has 0 aliphatic carbocycles. The van der Waals surface area contributed by atoms with E-state index in [1.807, 2.05) is 36.4 Å². The smallest absolute Gasteiger partial charge is 0.253 e. The number of piperidine rings is 1. The Hall–Kier alpha value is -4.98. The van der Waals surface area contributed by atoms with Crippen molar-refractivity contribution in [3.05, 3.63) is 120 Å². The zero-order chi connectivity index (χ0) is 30.7. The number of nitrogens with zero attached hydrogens (tertiary/aromatic N) is 2. The van der Waals surface area contributed by atoms with Crippen LogP contribution >= 0.6 is 0 Å². The molecule has 0 bridgehead atoms.